The van der Waals surface area contributed by atoms with Crippen molar-refractivity contribution in [1.82, 2.24) is 0 Å². The van der Waals surface area contributed by atoms with Crippen LogP contribution in [0.1, 0.15) is 35.3 Å². The fourth-order valence-corrected chi connectivity index (χ4v) is 2.63. The van der Waals surface area contributed by atoms with E-state index in [1.165, 1.54) is 10.5 Å². The molecule has 0 heterocycles. The highest BCUT2D eigenvalue weighted by molar-refractivity contribution is 7.99. The van der Waals surface area contributed by atoms with E-state index in [0.29, 0.717) is 0 Å². The first-order chi connectivity index (χ1) is 9.24. The van der Waals surface area contributed by atoms with Crippen LogP contribution in [0.15, 0.2) is 53.4 Å². The second-order valence-corrected chi connectivity index (χ2v) is 5.68. The summed E-state index contributed by atoms with van der Waals surface area (Å²) in [4.78, 5) is 13.6. The molecule has 0 radical (unpaired) electrons. The van der Waals surface area contributed by atoms with Gasteiger partial charge in [0.2, 0.25) is 0 Å². The Morgan fingerprint density at radius 3 is 2.37 bits per heavy atom. The number of ketones is 1. The molecule has 0 aliphatic rings. The van der Waals surface area contributed by atoms with Crippen LogP contribution in [0.2, 0.25) is 0 Å². The lowest BCUT2D eigenvalue weighted by atomic mass is 10.0. The highest BCUT2D eigenvalue weighted by atomic mass is 32.2. The second kappa shape index (κ2) is 6.58. The van der Waals surface area contributed by atoms with Crippen molar-refractivity contribution in [3.8, 4) is 0 Å². The Morgan fingerprint density at radius 2 is 1.74 bits per heavy atom. The predicted octanol–water partition coefficient (Wildman–Crippen LogP) is 4.59. The molecule has 2 rings (SSSR count). The minimum atomic E-state index is 0.100. The number of thioether (sulfide) groups is 1. The second-order valence-electron chi connectivity index (χ2n) is 4.34. The quantitative estimate of drug-likeness (QED) is 0.584. The van der Waals surface area contributed by atoms with Crippen molar-refractivity contribution in [3.63, 3.8) is 0 Å². The minimum Gasteiger partial charge on any atom is -0.289 e. The van der Waals surface area contributed by atoms with Gasteiger partial charge in [0.25, 0.3) is 0 Å². The van der Waals surface area contributed by atoms with E-state index in [-0.39, 0.29) is 5.78 Å². The summed E-state index contributed by atoms with van der Waals surface area (Å²) in [5.74, 6) is 1.15. The van der Waals surface area contributed by atoms with E-state index in [2.05, 4.69) is 19.9 Å². The molecule has 0 aromatic heterocycles. The van der Waals surface area contributed by atoms with Gasteiger partial charge in [-0.2, -0.15) is 0 Å². The highest BCUT2D eigenvalue weighted by Gasteiger charge is 2.09. The van der Waals surface area contributed by atoms with Crippen LogP contribution in [0.3, 0.4) is 0 Å². The lowest BCUT2D eigenvalue weighted by Gasteiger charge is -2.04. The summed E-state index contributed by atoms with van der Waals surface area (Å²) < 4.78 is 0. The predicted molar refractivity (Wildman–Crippen MR) is 82.1 cm³/mol. The Kier molecular flexibility index (Phi) is 4.80. The molecule has 0 saturated heterocycles. The van der Waals surface area contributed by atoms with E-state index in [4.69, 9.17) is 0 Å². The molecule has 0 unspecified atom stereocenters. The van der Waals surface area contributed by atoms with Gasteiger partial charge in [-0.3, -0.25) is 4.79 Å². The van der Waals surface area contributed by atoms with E-state index in [1.54, 1.807) is 11.8 Å². The molecule has 0 aliphatic carbocycles. The summed E-state index contributed by atoms with van der Waals surface area (Å²) in [5, 5.41) is 0. The van der Waals surface area contributed by atoms with Gasteiger partial charge >= 0.3 is 0 Å². The van der Waals surface area contributed by atoms with Gasteiger partial charge in [0, 0.05) is 16.0 Å². The van der Waals surface area contributed by atoms with Crippen molar-refractivity contribution in [2.24, 2.45) is 0 Å². The Labute approximate surface area is 119 Å². The lowest BCUT2D eigenvalue weighted by Crippen LogP contribution is -2.01. The lowest BCUT2D eigenvalue weighted by molar-refractivity contribution is 0.103. The Balaban J connectivity index is 2.22. The summed E-state index contributed by atoms with van der Waals surface area (Å²) in [7, 11) is 0. The summed E-state index contributed by atoms with van der Waals surface area (Å²) in [6, 6.07) is 15.7. The minimum absolute atomic E-state index is 0.100. The van der Waals surface area contributed by atoms with E-state index in [1.807, 2.05) is 42.5 Å². The van der Waals surface area contributed by atoms with Crippen LogP contribution in [-0.2, 0) is 6.42 Å². The SMILES string of the molecule is CCSc1ccc(C(=O)c2cccc(CC)c2)cc1. The number of hydrogen-bond acceptors (Lipinski definition) is 2. The van der Waals surface area contributed by atoms with Crippen molar-refractivity contribution in [2.75, 3.05) is 5.75 Å². The average Bonchev–Trinajstić information content (AvgIpc) is 2.48. The number of hydrogen-bond donors (Lipinski definition) is 0. The van der Waals surface area contributed by atoms with Gasteiger partial charge in [0.15, 0.2) is 5.78 Å². The maximum atomic E-state index is 12.4. The van der Waals surface area contributed by atoms with Crippen LogP contribution < -0.4 is 0 Å². The van der Waals surface area contributed by atoms with Crippen LogP contribution in [-0.4, -0.2) is 11.5 Å². The van der Waals surface area contributed by atoms with Crippen molar-refractivity contribution < 1.29 is 4.79 Å². The summed E-state index contributed by atoms with van der Waals surface area (Å²) in [5.41, 5.74) is 2.73. The Bertz CT molecular complexity index is 558. The molecule has 0 aliphatic heterocycles. The number of benzene rings is 2. The molecule has 0 atom stereocenters. The molecular formula is C17H18OS. The smallest absolute Gasteiger partial charge is 0.193 e. The standard InChI is InChI=1S/C17H18OS/c1-3-13-6-5-7-15(12-13)17(18)14-8-10-16(11-9-14)19-4-2/h5-12H,3-4H2,1-2H3. The third-order valence-corrected chi connectivity index (χ3v) is 3.92. The first-order valence-electron chi connectivity index (χ1n) is 6.61. The molecule has 98 valence electrons. The maximum Gasteiger partial charge on any atom is 0.193 e. The van der Waals surface area contributed by atoms with Gasteiger partial charge in [-0.05, 0) is 48.1 Å². The number of rotatable bonds is 5. The zero-order chi connectivity index (χ0) is 13.7. The van der Waals surface area contributed by atoms with Crippen molar-refractivity contribution in [2.45, 2.75) is 25.2 Å². The van der Waals surface area contributed by atoms with E-state index in [9.17, 15) is 4.79 Å². The summed E-state index contributed by atoms with van der Waals surface area (Å²) in [6.07, 6.45) is 0.952. The fourth-order valence-electron chi connectivity index (χ4n) is 1.97. The Morgan fingerprint density at radius 1 is 1.00 bits per heavy atom. The van der Waals surface area contributed by atoms with Crippen LogP contribution in [0.5, 0.6) is 0 Å². The van der Waals surface area contributed by atoms with Gasteiger partial charge in [-0.25, -0.2) is 0 Å². The van der Waals surface area contributed by atoms with Crippen LogP contribution in [0.4, 0.5) is 0 Å². The molecule has 0 amide bonds. The van der Waals surface area contributed by atoms with Crippen molar-refractivity contribution in [3.05, 3.63) is 65.2 Å². The highest BCUT2D eigenvalue weighted by Crippen LogP contribution is 2.19. The molecule has 1 nitrogen and oxygen atoms in total. The molecule has 0 fully saturated rings. The van der Waals surface area contributed by atoms with E-state index >= 15 is 0 Å². The molecule has 2 aromatic carbocycles. The van der Waals surface area contributed by atoms with Crippen LogP contribution >= 0.6 is 11.8 Å². The zero-order valence-corrected chi connectivity index (χ0v) is 12.2. The first-order valence-corrected chi connectivity index (χ1v) is 7.59. The normalized spacial score (nSPS) is 10.4. The van der Waals surface area contributed by atoms with Crippen LogP contribution in [0.25, 0.3) is 0 Å². The molecular weight excluding hydrogens is 252 g/mol. The summed E-state index contributed by atoms with van der Waals surface area (Å²) >= 11 is 1.79. The van der Waals surface area contributed by atoms with E-state index < -0.39 is 0 Å². The van der Waals surface area contributed by atoms with E-state index in [0.717, 1.165) is 23.3 Å². The Hall–Kier alpha value is -1.54. The largest absolute Gasteiger partial charge is 0.289 e. The maximum absolute atomic E-state index is 12.4. The fraction of sp³-hybridized carbons (Fsp3) is 0.235. The number of carbonyl (C=O) groups is 1. The van der Waals surface area contributed by atoms with Crippen molar-refractivity contribution >= 4 is 17.5 Å². The topological polar surface area (TPSA) is 17.1 Å². The first kappa shape index (κ1) is 13.9. The number of aryl methyl sites for hydroxylation is 1. The number of carbonyl (C=O) groups excluding carboxylic acids is 1. The molecule has 0 N–H and O–H groups in total. The molecule has 0 spiro atoms. The van der Waals surface area contributed by atoms with Gasteiger partial charge < -0.3 is 0 Å². The van der Waals surface area contributed by atoms with Gasteiger partial charge in [0.05, 0.1) is 0 Å². The van der Waals surface area contributed by atoms with Gasteiger partial charge in [0.1, 0.15) is 0 Å². The summed E-state index contributed by atoms with van der Waals surface area (Å²) in [6.45, 7) is 4.22. The molecule has 0 saturated carbocycles. The third-order valence-electron chi connectivity index (χ3n) is 3.02. The van der Waals surface area contributed by atoms with Crippen molar-refractivity contribution in [1.29, 1.82) is 0 Å². The van der Waals surface area contributed by atoms with Gasteiger partial charge in [-0.1, -0.05) is 32.0 Å². The van der Waals surface area contributed by atoms with Gasteiger partial charge in [-0.15, -0.1) is 11.8 Å². The molecule has 19 heavy (non-hydrogen) atoms. The monoisotopic (exact) mass is 270 g/mol. The molecule has 0 bridgehead atoms. The molecule has 2 heteroatoms. The third kappa shape index (κ3) is 3.48. The average molecular weight is 270 g/mol. The van der Waals surface area contributed by atoms with Crippen LogP contribution in [0, 0.1) is 0 Å². The zero-order valence-electron chi connectivity index (χ0n) is 11.3. The molecule has 2 aromatic rings.